The molecule has 3 rings (SSSR count). The molecule has 0 bridgehead atoms. The van der Waals surface area contributed by atoms with Gasteiger partial charge < -0.3 is 10.1 Å². The summed E-state index contributed by atoms with van der Waals surface area (Å²) in [5.41, 5.74) is 2.37. The Balaban J connectivity index is 1.57. The Hall–Kier alpha value is -2.29. The lowest BCUT2D eigenvalue weighted by Crippen LogP contribution is -2.20. The fraction of sp³-hybridized carbons (Fsp3) is 0.278. The smallest absolute Gasteiger partial charge is 0.223 e. The predicted octanol–water partition coefficient (Wildman–Crippen LogP) is 3.12. The highest BCUT2D eigenvalue weighted by molar-refractivity contribution is 5.82. The number of rotatable bonds is 5. The van der Waals surface area contributed by atoms with Gasteiger partial charge in [-0.25, -0.2) is 0 Å². The first-order valence-corrected chi connectivity index (χ1v) is 7.26. The molecule has 1 N–H and O–H groups in total. The molecule has 3 heteroatoms. The van der Waals surface area contributed by atoms with Crippen LogP contribution in [0.5, 0.6) is 5.75 Å². The van der Waals surface area contributed by atoms with Crippen molar-refractivity contribution in [3.63, 3.8) is 0 Å². The van der Waals surface area contributed by atoms with Gasteiger partial charge in [-0.3, -0.25) is 4.79 Å². The van der Waals surface area contributed by atoms with Crippen LogP contribution in [0.4, 0.5) is 0 Å². The molecule has 1 amide bonds. The van der Waals surface area contributed by atoms with Crippen molar-refractivity contribution in [2.24, 2.45) is 5.92 Å². The average Bonchev–Trinajstić information content (AvgIpc) is 3.34. The molecule has 1 saturated carbocycles. The van der Waals surface area contributed by atoms with Gasteiger partial charge in [-0.05, 0) is 35.6 Å². The molecule has 2 aromatic carbocycles. The fourth-order valence-electron chi connectivity index (χ4n) is 2.59. The number of amides is 1. The molecule has 108 valence electrons. The van der Waals surface area contributed by atoms with E-state index in [0.29, 0.717) is 12.5 Å². The van der Waals surface area contributed by atoms with Crippen LogP contribution in [-0.2, 0) is 11.4 Å². The molecular weight excluding hydrogens is 262 g/mol. The maximum absolute atomic E-state index is 11.5. The van der Waals surface area contributed by atoms with Crippen LogP contribution in [0.3, 0.4) is 0 Å². The van der Waals surface area contributed by atoms with Gasteiger partial charge in [0.25, 0.3) is 0 Å². The van der Waals surface area contributed by atoms with Gasteiger partial charge >= 0.3 is 0 Å². The van der Waals surface area contributed by atoms with E-state index in [4.69, 9.17) is 4.74 Å². The maximum Gasteiger partial charge on any atom is 0.223 e. The van der Waals surface area contributed by atoms with Crippen molar-refractivity contribution in [2.75, 3.05) is 7.05 Å². The number of benzene rings is 2. The average molecular weight is 281 g/mol. The van der Waals surface area contributed by atoms with Gasteiger partial charge in [-0.1, -0.05) is 42.5 Å². The molecule has 1 fully saturated rings. The number of carbonyl (C=O) groups is 1. The third kappa shape index (κ3) is 3.24. The number of carbonyl (C=O) groups excluding carboxylic acids is 1. The summed E-state index contributed by atoms with van der Waals surface area (Å²) in [4.78, 5) is 11.5. The summed E-state index contributed by atoms with van der Waals surface area (Å²) >= 11 is 0. The molecular formula is C18H19NO2. The molecule has 1 aliphatic rings. The summed E-state index contributed by atoms with van der Waals surface area (Å²) in [6.45, 7) is 0.574. The van der Waals surface area contributed by atoms with Gasteiger partial charge in [0.2, 0.25) is 5.91 Å². The first-order valence-electron chi connectivity index (χ1n) is 7.26. The second-order valence-corrected chi connectivity index (χ2v) is 5.41. The molecule has 21 heavy (non-hydrogen) atoms. The van der Waals surface area contributed by atoms with Gasteiger partial charge in [0, 0.05) is 13.0 Å². The highest BCUT2D eigenvalue weighted by atomic mass is 16.5. The van der Waals surface area contributed by atoms with Crippen LogP contribution in [-0.4, -0.2) is 13.0 Å². The zero-order valence-corrected chi connectivity index (χ0v) is 12.1. The van der Waals surface area contributed by atoms with Gasteiger partial charge in [-0.15, -0.1) is 0 Å². The van der Waals surface area contributed by atoms with E-state index >= 15 is 0 Å². The van der Waals surface area contributed by atoms with Crippen molar-refractivity contribution in [1.29, 1.82) is 0 Å². The third-order valence-corrected chi connectivity index (χ3v) is 3.93. The third-order valence-electron chi connectivity index (χ3n) is 3.93. The normalized spacial score (nSPS) is 19.9. The van der Waals surface area contributed by atoms with Crippen molar-refractivity contribution in [2.45, 2.75) is 18.9 Å². The van der Waals surface area contributed by atoms with E-state index < -0.39 is 0 Å². The van der Waals surface area contributed by atoms with Crippen LogP contribution >= 0.6 is 0 Å². The zero-order valence-electron chi connectivity index (χ0n) is 12.1. The van der Waals surface area contributed by atoms with Crippen LogP contribution in [0.15, 0.2) is 54.6 Å². The predicted molar refractivity (Wildman–Crippen MR) is 82.1 cm³/mol. The largest absolute Gasteiger partial charge is 0.489 e. The molecule has 2 aromatic rings. The zero-order chi connectivity index (χ0) is 14.7. The Bertz CT molecular complexity index is 607. The SMILES string of the molecule is CNC(=O)[C@@H]1C[C@@H]1c1ccc(OCc2ccccc2)cc1. The molecule has 0 radical (unpaired) electrons. The lowest BCUT2D eigenvalue weighted by Gasteiger charge is -2.07. The van der Waals surface area contributed by atoms with Gasteiger partial charge in [0.15, 0.2) is 0 Å². The molecule has 2 atom stereocenters. The number of hydrogen-bond donors (Lipinski definition) is 1. The summed E-state index contributed by atoms with van der Waals surface area (Å²) in [7, 11) is 1.69. The topological polar surface area (TPSA) is 38.3 Å². The molecule has 3 nitrogen and oxygen atoms in total. The monoisotopic (exact) mass is 281 g/mol. The van der Waals surface area contributed by atoms with Crippen LogP contribution in [0, 0.1) is 5.92 Å². The molecule has 0 spiro atoms. The first kappa shape index (κ1) is 13.7. The molecule has 0 aromatic heterocycles. The molecule has 0 aliphatic heterocycles. The number of ether oxygens (including phenoxy) is 1. The molecule has 0 heterocycles. The van der Waals surface area contributed by atoms with E-state index in [1.165, 1.54) is 5.56 Å². The minimum Gasteiger partial charge on any atom is -0.489 e. The lowest BCUT2D eigenvalue weighted by atomic mass is 10.1. The molecule has 1 aliphatic carbocycles. The van der Waals surface area contributed by atoms with Crippen molar-refractivity contribution in [3.05, 3.63) is 65.7 Å². The highest BCUT2D eigenvalue weighted by Gasteiger charge is 2.43. The fourth-order valence-corrected chi connectivity index (χ4v) is 2.59. The Labute approximate surface area is 124 Å². The Kier molecular flexibility index (Phi) is 3.91. The first-order chi connectivity index (χ1) is 10.3. The molecule has 0 unspecified atom stereocenters. The summed E-state index contributed by atoms with van der Waals surface area (Å²) in [5.74, 6) is 1.52. The van der Waals surface area contributed by atoms with E-state index in [1.54, 1.807) is 7.05 Å². The van der Waals surface area contributed by atoms with E-state index in [1.807, 2.05) is 42.5 Å². The van der Waals surface area contributed by atoms with Gasteiger partial charge in [0.1, 0.15) is 12.4 Å². The maximum atomic E-state index is 11.5. The Morgan fingerprint density at radius 1 is 1.14 bits per heavy atom. The van der Waals surface area contributed by atoms with Crippen molar-refractivity contribution in [1.82, 2.24) is 5.32 Å². The minimum absolute atomic E-state index is 0.143. The van der Waals surface area contributed by atoms with Crippen LogP contribution in [0.2, 0.25) is 0 Å². The van der Waals surface area contributed by atoms with Crippen LogP contribution in [0.25, 0.3) is 0 Å². The minimum atomic E-state index is 0.143. The Morgan fingerprint density at radius 2 is 1.86 bits per heavy atom. The van der Waals surface area contributed by atoms with E-state index in [2.05, 4.69) is 17.4 Å². The summed E-state index contributed by atoms with van der Waals surface area (Å²) in [6, 6.07) is 18.2. The lowest BCUT2D eigenvalue weighted by molar-refractivity contribution is -0.121. The van der Waals surface area contributed by atoms with Gasteiger partial charge in [-0.2, -0.15) is 0 Å². The van der Waals surface area contributed by atoms with E-state index in [-0.39, 0.29) is 11.8 Å². The highest BCUT2D eigenvalue weighted by Crippen LogP contribution is 2.47. The van der Waals surface area contributed by atoms with Crippen molar-refractivity contribution >= 4 is 5.91 Å². The second-order valence-electron chi connectivity index (χ2n) is 5.41. The second kappa shape index (κ2) is 6.00. The van der Waals surface area contributed by atoms with Crippen molar-refractivity contribution < 1.29 is 9.53 Å². The van der Waals surface area contributed by atoms with E-state index in [9.17, 15) is 4.79 Å². The standard InChI is InChI=1S/C18H19NO2/c1-19-18(20)17-11-16(17)14-7-9-15(10-8-14)21-12-13-5-3-2-4-6-13/h2-10,16-17H,11-12H2,1H3,(H,19,20)/t16-,17-/m1/s1. The quantitative estimate of drug-likeness (QED) is 0.914. The van der Waals surface area contributed by atoms with Crippen LogP contribution in [0.1, 0.15) is 23.5 Å². The summed E-state index contributed by atoms with van der Waals surface area (Å²) in [6.07, 6.45) is 0.948. The van der Waals surface area contributed by atoms with Crippen molar-refractivity contribution in [3.8, 4) is 5.75 Å². The number of nitrogens with one attached hydrogen (secondary N) is 1. The van der Waals surface area contributed by atoms with E-state index in [0.717, 1.165) is 17.7 Å². The summed E-state index contributed by atoms with van der Waals surface area (Å²) < 4.78 is 5.76. The summed E-state index contributed by atoms with van der Waals surface area (Å²) in [5, 5.41) is 2.71. The Morgan fingerprint density at radius 3 is 2.52 bits per heavy atom. The molecule has 0 saturated heterocycles. The van der Waals surface area contributed by atoms with Crippen LogP contribution < -0.4 is 10.1 Å². The number of hydrogen-bond acceptors (Lipinski definition) is 2. The van der Waals surface area contributed by atoms with Gasteiger partial charge in [0.05, 0.1) is 0 Å².